The Labute approximate surface area is 120 Å². The maximum Gasteiger partial charge on any atom is 0.417 e. The second-order valence-electron chi connectivity index (χ2n) is 5.51. The normalized spacial score (nSPS) is 20.0. The van der Waals surface area contributed by atoms with Crippen LogP contribution in [0, 0.1) is 5.92 Å². The molecule has 1 fully saturated rings. The number of fused-ring (bicyclic) bond motifs is 1. The van der Waals surface area contributed by atoms with Crippen LogP contribution in [0.5, 0.6) is 0 Å². The number of hydrogen-bond donors (Lipinski definition) is 1. The second-order valence-corrected chi connectivity index (χ2v) is 5.51. The number of alkyl halides is 3. The van der Waals surface area contributed by atoms with Gasteiger partial charge in [0.15, 0.2) is 5.65 Å². The van der Waals surface area contributed by atoms with Gasteiger partial charge in [-0.15, -0.1) is 10.2 Å². The third-order valence-corrected chi connectivity index (χ3v) is 3.98. The van der Waals surface area contributed by atoms with Crippen LogP contribution < -0.4 is 5.32 Å². The van der Waals surface area contributed by atoms with Gasteiger partial charge in [0.2, 0.25) is 0 Å². The van der Waals surface area contributed by atoms with E-state index in [0.29, 0.717) is 23.8 Å². The van der Waals surface area contributed by atoms with E-state index in [1.54, 1.807) is 0 Å². The predicted octanol–water partition coefficient (Wildman–Crippen LogP) is 2.68. The van der Waals surface area contributed by atoms with E-state index >= 15 is 0 Å². The van der Waals surface area contributed by atoms with Gasteiger partial charge in [-0.3, -0.25) is 4.40 Å². The molecule has 2 aromatic heterocycles. The number of nitrogens with one attached hydrogen (secondary N) is 1. The second kappa shape index (κ2) is 5.63. The molecular formula is C14H17F3N4. The number of rotatable bonds is 3. The molecule has 3 heterocycles. The number of pyridine rings is 1. The summed E-state index contributed by atoms with van der Waals surface area (Å²) in [5.41, 5.74) is -0.213. The number of piperidine rings is 1. The highest BCUT2D eigenvalue weighted by atomic mass is 19.4. The van der Waals surface area contributed by atoms with Crippen molar-refractivity contribution in [1.29, 1.82) is 0 Å². The topological polar surface area (TPSA) is 42.2 Å². The molecule has 1 unspecified atom stereocenters. The molecule has 1 aliphatic heterocycles. The summed E-state index contributed by atoms with van der Waals surface area (Å²) in [4.78, 5) is 0. The molecule has 1 atom stereocenters. The number of aryl methyl sites for hydroxylation is 1. The van der Waals surface area contributed by atoms with Gasteiger partial charge < -0.3 is 5.32 Å². The zero-order valence-corrected chi connectivity index (χ0v) is 11.5. The van der Waals surface area contributed by atoms with Gasteiger partial charge in [0.1, 0.15) is 5.82 Å². The molecule has 0 bridgehead atoms. The average molecular weight is 298 g/mol. The Bertz CT molecular complexity index is 614. The van der Waals surface area contributed by atoms with Crippen molar-refractivity contribution in [2.75, 3.05) is 13.1 Å². The zero-order valence-electron chi connectivity index (χ0n) is 11.5. The van der Waals surface area contributed by atoms with Crippen LogP contribution in [0.2, 0.25) is 0 Å². The molecule has 1 N–H and O–H groups in total. The molecule has 0 spiro atoms. The SMILES string of the molecule is FC(F)(F)c1ccc2nnc(CCC3CCCNC3)n2c1. The van der Waals surface area contributed by atoms with Crippen LogP contribution in [0.1, 0.15) is 30.7 Å². The van der Waals surface area contributed by atoms with E-state index in [0.717, 1.165) is 44.6 Å². The first-order chi connectivity index (χ1) is 10.0. The lowest BCUT2D eigenvalue weighted by atomic mass is 9.94. The summed E-state index contributed by atoms with van der Waals surface area (Å²) in [6.45, 7) is 2.03. The molecule has 0 radical (unpaired) electrons. The minimum Gasteiger partial charge on any atom is -0.316 e. The molecule has 21 heavy (non-hydrogen) atoms. The van der Waals surface area contributed by atoms with E-state index < -0.39 is 11.7 Å². The zero-order chi connectivity index (χ0) is 14.9. The van der Waals surface area contributed by atoms with Gasteiger partial charge in [-0.2, -0.15) is 13.2 Å². The Balaban J connectivity index is 1.78. The van der Waals surface area contributed by atoms with Crippen molar-refractivity contribution in [1.82, 2.24) is 19.9 Å². The fourth-order valence-corrected chi connectivity index (χ4v) is 2.78. The van der Waals surface area contributed by atoms with Crippen molar-refractivity contribution in [3.63, 3.8) is 0 Å². The Morgan fingerprint density at radius 2 is 2.14 bits per heavy atom. The maximum absolute atomic E-state index is 12.8. The van der Waals surface area contributed by atoms with Crippen LogP contribution in [0.25, 0.3) is 5.65 Å². The molecule has 0 saturated carbocycles. The lowest BCUT2D eigenvalue weighted by Gasteiger charge is -2.22. The molecule has 2 aromatic rings. The first-order valence-electron chi connectivity index (χ1n) is 7.15. The average Bonchev–Trinajstić information content (AvgIpc) is 2.87. The number of aromatic nitrogens is 3. The van der Waals surface area contributed by atoms with Crippen LogP contribution in [-0.4, -0.2) is 27.7 Å². The van der Waals surface area contributed by atoms with E-state index in [9.17, 15) is 13.2 Å². The maximum atomic E-state index is 12.8. The first kappa shape index (κ1) is 14.3. The number of hydrogen-bond acceptors (Lipinski definition) is 3. The van der Waals surface area contributed by atoms with Crippen LogP contribution in [-0.2, 0) is 12.6 Å². The fraction of sp³-hybridized carbons (Fsp3) is 0.571. The van der Waals surface area contributed by atoms with Crippen LogP contribution >= 0.6 is 0 Å². The Morgan fingerprint density at radius 3 is 2.86 bits per heavy atom. The van der Waals surface area contributed by atoms with Crippen molar-refractivity contribution in [3.05, 3.63) is 29.7 Å². The van der Waals surface area contributed by atoms with Crippen molar-refractivity contribution in [2.24, 2.45) is 5.92 Å². The molecule has 1 aliphatic rings. The quantitative estimate of drug-likeness (QED) is 0.947. The number of nitrogens with zero attached hydrogens (tertiary/aromatic N) is 3. The molecule has 7 heteroatoms. The van der Waals surface area contributed by atoms with Gasteiger partial charge in [-0.25, -0.2) is 0 Å². The van der Waals surface area contributed by atoms with Gasteiger partial charge in [-0.1, -0.05) is 0 Å². The molecule has 4 nitrogen and oxygen atoms in total. The highest BCUT2D eigenvalue weighted by molar-refractivity contribution is 5.40. The molecule has 0 aromatic carbocycles. The standard InChI is InChI=1S/C14H17F3N4/c15-14(16,17)11-4-6-13-20-19-12(21(13)9-11)5-3-10-2-1-7-18-8-10/h4,6,9-10,18H,1-3,5,7-8H2. The molecule has 1 saturated heterocycles. The molecule has 3 rings (SSSR count). The van der Waals surface area contributed by atoms with Gasteiger partial charge >= 0.3 is 6.18 Å². The Hall–Kier alpha value is -1.63. The highest BCUT2D eigenvalue weighted by Crippen LogP contribution is 2.29. The van der Waals surface area contributed by atoms with E-state index in [-0.39, 0.29) is 0 Å². The Kier molecular flexibility index (Phi) is 3.84. The molecule has 0 aliphatic carbocycles. The summed E-state index contributed by atoms with van der Waals surface area (Å²) in [6, 6.07) is 2.40. The lowest BCUT2D eigenvalue weighted by Crippen LogP contribution is -2.30. The molecular weight excluding hydrogens is 281 g/mol. The smallest absolute Gasteiger partial charge is 0.316 e. The van der Waals surface area contributed by atoms with Crippen LogP contribution in [0.4, 0.5) is 13.2 Å². The summed E-state index contributed by atoms with van der Waals surface area (Å²) in [5.74, 6) is 1.17. The summed E-state index contributed by atoms with van der Waals surface area (Å²) < 4.78 is 39.8. The largest absolute Gasteiger partial charge is 0.417 e. The summed E-state index contributed by atoms with van der Waals surface area (Å²) >= 11 is 0. The van der Waals surface area contributed by atoms with Crippen molar-refractivity contribution >= 4 is 5.65 Å². The first-order valence-corrected chi connectivity index (χ1v) is 7.15. The third kappa shape index (κ3) is 3.18. The van der Waals surface area contributed by atoms with E-state index in [2.05, 4.69) is 15.5 Å². The van der Waals surface area contributed by atoms with Crippen molar-refractivity contribution in [3.8, 4) is 0 Å². The molecule has 114 valence electrons. The third-order valence-electron chi connectivity index (χ3n) is 3.98. The van der Waals surface area contributed by atoms with E-state index in [4.69, 9.17) is 0 Å². The van der Waals surface area contributed by atoms with Crippen molar-refractivity contribution in [2.45, 2.75) is 31.9 Å². The summed E-state index contributed by atoms with van der Waals surface area (Å²) in [5, 5.41) is 11.3. The lowest BCUT2D eigenvalue weighted by molar-refractivity contribution is -0.137. The van der Waals surface area contributed by atoms with Gasteiger partial charge in [0.05, 0.1) is 5.56 Å². The van der Waals surface area contributed by atoms with Crippen molar-refractivity contribution < 1.29 is 13.2 Å². The monoisotopic (exact) mass is 298 g/mol. The van der Waals surface area contributed by atoms with Gasteiger partial charge in [-0.05, 0) is 50.4 Å². The summed E-state index contributed by atoms with van der Waals surface area (Å²) in [7, 11) is 0. The highest BCUT2D eigenvalue weighted by Gasteiger charge is 2.31. The minimum absolute atomic E-state index is 0.458. The predicted molar refractivity (Wildman–Crippen MR) is 71.9 cm³/mol. The minimum atomic E-state index is -4.34. The van der Waals surface area contributed by atoms with Gasteiger partial charge in [0, 0.05) is 12.6 Å². The molecule has 0 amide bonds. The van der Waals surface area contributed by atoms with Crippen LogP contribution in [0.15, 0.2) is 18.3 Å². The van der Waals surface area contributed by atoms with E-state index in [1.807, 2.05) is 0 Å². The Morgan fingerprint density at radius 1 is 1.29 bits per heavy atom. The number of halogens is 3. The fourth-order valence-electron chi connectivity index (χ4n) is 2.78. The summed E-state index contributed by atoms with van der Waals surface area (Å²) in [6.07, 6.45) is 0.632. The van der Waals surface area contributed by atoms with E-state index in [1.165, 1.54) is 10.5 Å². The van der Waals surface area contributed by atoms with Crippen LogP contribution in [0.3, 0.4) is 0 Å². The van der Waals surface area contributed by atoms with Gasteiger partial charge in [0.25, 0.3) is 0 Å².